The van der Waals surface area contributed by atoms with Crippen molar-refractivity contribution < 1.29 is 9.90 Å². The molecule has 0 aromatic heterocycles. The molecule has 0 aromatic carbocycles. The molecule has 158 valence electrons. The van der Waals surface area contributed by atoms with Crippen LogP contribution in [0.25, 0.3) is 0 Å². The first kappa shape index (κ1) is 20.6. The van der Waals surface area contributed by atoms with Gasteiger partial charge >= 0.3 is 0 Å². The van der Waals surface area contributed by atoms with Crippen LogP contribution in [0.5, 0.6) is 0 Å². The maximum atomic E-state index is 12.0. The molecule has 1 N–H and O–H groups in total. The third-order valence-corrected chi connectivity index (χ3v) is 9.75. The van der Waals surface area contributed by atoms with Crippen molar-refractivity contribution in [3.8, 4) is 0 Å². The van der Waals surface area contributed by atoms with Crippen LogP contribution < -0.4 is 0 Å². The van der Waals surface area contributed by atoms with E-state index in [0.29, 0.717) is 16.6 Å². The van der Waals surface area contributed by atoms with Crippen molar-refractivity contribution in [3.05, 3.63) is 11.6 Å². The van der Waals surface area contributed by atoms with Gasteiger partial charge < -0.3 is 5.11 Å². The average Bonchev–Trinajstić information content (AvgIpc) is 2.95. The molecular formula is C26H42O2. The van der Waals surface area contributed by atoms with E-state index in [4.69, 9.17) is 0 Å². The van der Waals surface area contributed by atoms with Crippen molar-refractivity contribution in [2.24, 2.45) is 34.5 Å². The number of allylic oxidation sites excluding steroid dienone is 1. The summed E-state index contributed by atoms with van der Waals surface area (Å²) in [6, 6.07) is 0. The van der Waals surface area contributed by atoms with Crippen LogP contribution in [-0.2, 0) is 4.79 Å². The Morgan fingerprint density at radius 3 is 2.57 bits per heavy atom. The van der Waals surface area contributed by atoms with Crippen LogP contribution in [0.15, 0.2) is 11.6 Å². The monoisotopic (exact) mass is 386 g/mol. The van der Waals surface area contributed by atoms with Gasteiger partial charge in [0.1, 0.15) is 0 Å². The fourth-order valence-corrected chi connectivity index (χ4v) is 8.09. The first-order valence-corrected chi connectivity index (χ1v) is 12.1. The predicted octanol–water partition coefficient (Wildman–Crippen LogP) is 6.47. The van der Waals surface area contributed by atoms with Gasteiger partial charge in [0, 0.05) is 6.42 Å². The molecule has 0 aromatic rings. The lowest BCUT2D eigenvalue weighted by molar-refractivity contribution is -0.117. The highest BCUT2D eigenvalue weighted by atomic mass is 16.3. The molecule has 6 atom stereocenters. The quantitative estimate of drug-likeness (QED) is 0.550. The van der Waals surface area contributed by atoms with Gasteiger partial charge in [0.05, 0.1) is 5.60 Å². The summed E-state index contributed by atoms with van der Waals surface area (Å²) >= 11 is 0. The Morgan fingerprint density at radius 1 is 1.04 bits per heavy atom. The molecule has 2 heteroatoms. The highest BCUT2D eigenvalue weighted by Crippen LogP contribution is 2.67. The molecule has 0 saturated heterocycles. The number of carbonyl (C=O) groups excluding carboxylic acids is 1. The van der Waals surface area contributed by atoms with E-state index in [2.05, 4.69) is 13.8 Å². The van der Waals surface area contributed by atoms with Crippen LogP contribution in [0, 0.1) is 34.5 Å². The normalized spacial score (nSPS) is 43.2. The van der Waals surface area contributed by atoms with Crippen LogP contribution in [0.2, 0.25) is 0 Å². The zero-order chi connectivity index (χ0) is 20.2. The second-order valence-corrected chi connectivity index (χ2v) is 11.8. The number of carbonyl (C=O) groups is 1. The Kier molecular flexibility index (Phi) is 5.35. The van der Waals surface area contributed by atoms with Crippen molar-refractivity contribution in [2.45, 2.75) is 110 Å². The van der Waals surface area contributed by atoms with Gasteiger partial charge in [0.25, 0.3) is 0 Å². The van der Waals surface area contributed by atoms with Crippen LogP contribution in [-0.4, -0.2) is 16.5 Å². The molecule has 0 bridgehead atoms. The predicted molar refractivity (Wildman–Crippen MR) is 115 cm³/mol. The number of aliphatic hydroxyl groups is 1. The van der Waals surface area contributed by atoms with Gasteiger partial charge in [-0.2, -0.15) is 0 Å². The standard InChI is InChI=1S/C26H42O2/c1-24(2,28)14-6-5-7-18-9-11-22-21-10-8-19-17-20(27)12-15-26(19,4)23(21)13-16-25(18,22)3/h17-18,21-23,28H,5-16H2,1-4H3/t18?,21-,22?,23?,25+,26?/m0/s1. The molecule has 28 heavy (non-hydrogen) atoms. The Balaban J connectivity index is 1.44. The molecule has 4 rings (SSSR count). The van der Waals surface area contributed by atoms with E-state index < -0.39 is 5.60 Å². The summed E-state index contributed by atoms with van der Waals surface area (Å²) in [7, 11) is 0. The average molecular weight is 387 g/mol. The number of fused-ring (bicyclic) bond motifs is 5. The lowest BCUT2D eigenvalue weighted by Crippen LogP contribution is -2.50. The van der Waals surface area contributed by atoms with Gasteiger partial charge in [-0.25, -0.2) is 0 Å². The molecule has 0 aliphatic heterocycles. The molecule has 3 saturated carbocycles. The Bertz CT molecular complexity index is 641. The van der Waals surface area contributed by atoms with Gasteiger partial charge in [-0.05, 0) is 112 Å². The first-order valence-electron chi connectivity index (χ1n) is 12.1. The van der Waals surface area contributed by atoms with Crippen molar-refractivity contribution >= 4 is 5.78 Å². The molecule has 4 unspecified atom stereocenters. The SMILES string of the molecule is CC(C)(O)CCCCC1CCC2[C@@H]3CCC4=CC(=O)CCC4(C)C3CC[C@]12C. The van der Waals surface area contributed by atoms with Crippen LogP contribution in [0.3, 0.4) is 0 Å². The van der Waals surface area contributed by atoms with Gasteiger partial charge in [-0.3, -0.25) is 4.79 Å². The van der Waals surface area contributed by atoms with E-state index in [1.54, 1.807) is 0 Å². The molecule has 0 spiro atoms. The summed E-state index contributed by atoms with van der Waals surface area (Å²) in [5.41, 5.74) is 1.83. The van der Waals surface area contributed by atoms with E-state index in [-0.39, 0.29) is 0 Å². The third-order valence-electron chi connectivity index (χ3n) is 9.75. The van der Waals surface area contributed by atoms with Crippen molar-refractivity contribution in [1.82, 2.24) is 0 Å². The molecule has 4 aliphatic rings. The zero-order valence-corrected chi connectivity index (χ0v) is 18.7. The van der Waals surface area contributed by atoms with E-state index in [9.17, 15) is 9.90 Å². The molecule has 0 heterocycles. The highest BCUT2D eigenvalue weighted by Gasteiger charge is 2.58. The van der Waals surface area contributed by atoms with Crippen LogP contribution >= 0.6 is 0 Å². The van der Waals surface area contributed by atoms with E-state index >= 15 is 0 Å². The summed E-state index contributed by atoms with van der Waals surface area (Å²) in [6.07, 6.45) is 16.7. The topological polar surface area (TPSA) is 37.3 Å². The summed E-state index contributed by atoms with van der Waals surface area (Å²) in [5, 5.41) is 9.99. The number of hydrogen-bond donors (Lipinski definition) is 1. The van der Waals surface area contributed by atoms with Gasteiger partial charge in [-0.1, -0.05) is 32.3 Å². The Morgan fingerprint density at radius 2 is 1.82 bits per heavy atom. The lowest BCUT2D eigenvalue weighted by Gasteiger charge is -2.58. The largest absolute Gasteiger partial charge is 0.390 e. The van der Waals surface area contributed by atoms with Crippen molar-refractivity contribution in [2.75, 3.05) is 0 Å². The first-order chi connectivity index (χ1) is 13.1. The number of rotatable bonds is 5. The van der Waals surface area contributed by atoms with Crippen molar-refractivity contribution in [3.63, 3.8) is 0 Å². The summed E-state index contributed by atoms with van der Waals surface area (Å²) < 4.78 is 0. The second-order valence-electron chi connectivity index (χ2n) is 11.8. The minimum absolute atomic E-state index is 0.308. The smallest absolute Gasteiger partial charge is 0.155 e. The fourth-order valence-electron chi connectivity index (χ4n) is 8.09. The van der Waals surface area contributed by atoms with E-state index in [1.807, 2.05) is 19.9 Å². The van der Waals surface area contributed by atoms with E-state index in [1.165, 1.54) is 56.9 Å². The van der Waals surface area contributed by atoms with Crippen LogP contribution in [0.4, 0.5) is 0 Å². The third kappa shape index (κ3) is 3.53. The number of unbranched alkanes of at least 4 members (excludes halogenated alkanes) is 1. The minimum atomic E-state index is -0.510. The molecule has 4 aliphatic carbocycles. The van der Waals surface area contributed by atoms with Gasteiger partial charge in [0.2, 0.25) is 0 Å². The zero-order valence-electron chi connectivity index (χ0n) is 18.7. The Hall–Kier alpha value is -0.630. The Labute approximate surface area is 172 Å². The maximum absolute atomic E-state index is 12.0. The molecular weight excluding hydrogens is 344 g/mol. The van der Waals surface area contributed by atoms with Gasteiger partial charge in [0.15, 0.2) is 5.78 Å². The lowest BCUT2D eigenvalue weighted by atomic mass is 9.46. The van der Waals surface area contributed by atoms with Crippen molar-refractivity contribution in [1.29, 1.82) is 0 Å². The molecule has 0 amide bonds. The fraction of sp³-hybridized carbons (Fsp3) is 0.885. The number of hydrogen-bond acceptors (Lipinski definition) is 2. The second kappa shape index (κ2) is 7.25. The molecule has 2 nitrogen and oxygen atoms in total. The maximum Gasteiger partial charge on any atom is 0.155 e. The molecule has 3 fully saturated rings. The summed E-state index contributed by atoms with van der Waals surface area (Å²) in [4.78, 5) is 12.0. The van der Waals surface area contributed by atoms with E-state index in [0.717, 1.165) is 49.4 Å². The summed E-state index contributed by atoms with van der Waals surface area (Å²) in [5.74, 6) is 3.86. The molecule has 0 radical (unpaired) electrons. The minimum Gasteiger partial charge on any atom is -0.390 e. The summed E-state index contributed by atoms with van der Waals surface area (Å²) in [6.45, 7) is 8.99. The highest BCUT2D eigenvalue weighted by molar-refractivity contribution is 5.91. The van der Waals surface area contributed by atoms with Crippen LogP contribution in [0.1, 0.15) is 105 Å². The van der Waals surface area contributed by atoms with Gasteiger partial charge in [-0.15, -0.1) is 0 Å². The number of ketones is 1.